The largest absolute Gasteiger partial charge is 0.349 e. The molecule has 0 spiro atoms. The smallest absolute Gasteiger partial charge is 0.137 e. The molecule has 2 heterocycles. The summed E-state index contributed by atoms with van der Waals surface area (Å²) in [5.41, 5.74) is 8.15. The minimum absolute atomic E-state index is 0.489. The molecular formula is C13H16N4S. The number of rotatable bonds is 5. The van der Waals surface area contributed by atoms with E-state index in [1.165, 1.54) is 18.4 Å². The lowest BCUT2D eigenvalue weighted by Crippen LogP contribution is -2.27. The highest BCUT2D eigenvalue weighted by molar-refractivity contribution is 7.07. The van der Waals surface area contributed by atoms with Crippen molar-refractivity contribution in [2.75, 3.05) is 4.90 Å². The first kappa shape index (κ1) is 11.6. The molecule has 1 fully saturated rings. The second-order valence-corrected chi connectivity index (χ2v) is 5.35. The molecule has 1 aliphatic rings. The number of aromatic nitrogens is 2. The molecule has 5 heteroatoms. The zero-order chi connectivity index (χ0) is 12.4. The molecule has 2 aromatic heterocycles. The first-order chi connectivity index (χ1) is 8.88. The topological polar surface area (TPSA) is 55.0 Å². The number of hydrogen-bond donors (Lipinski definition) is 1. The minimum atomic E-state index is 0.489. The molecule has 0 atom stereocenters. The maximum absolute atomic E-state index is 5.78. The van der Waals surface area contributed by atoms with E-state index in [0.717, 1.165) is 17.9 Å². The van der Waals surface area contributed by atoms with Crippen LogP contribution in [0.5, 0.6) is 0 Å². The van der Waals surface area contributed by atoms with Crippen molar-refractivity contribution in [1.82, 2.24) is 9.97 Å². The van der Waals surface area contributed by atoms with Crippen molar-refractivity contribution in [1.29, 1.82) is 0 Å². The van der Waals surface area contributed by atoms with Crippen molar-refractivity contribution in [2.24, 2.45) is 5.73 Å². The summed E-state index contributed by atoms with van der Waals surface area (Å²) in [5, 5.41) is 4.31. The molecule has 4 nitrogen and oxygen atoms in total. The summed E-state index contributed by atoms with van der Waals surface area (Å²) in [6.07, 6.45) is 5.93. The summed E-state index contributed by atoms with van der Waals surface area (Å²) in [5.74, 6) is 1.00. The van der Waals surface area contributed by atoms with E-state index in [-0.39, 0.29) is 0 Å². The fourth-order valence-electron chi connectivity index (χ4n) is 2.10. The first-order valence-corrected chi connectivity index (χ1v) is 7.09. The average molecular weight is 260 g/mol. The summed E-state index contributed by atoms with van der Waals surface area (Å²) in [7, 11) is 0. The Balaban J connectivity index is 1.89. The second kappa shape index (κ2) is 5.04. The van der Waals surface area contributed by atoms with Crippen LogP contribution in [0.15, 0.2) is 29.4 Å². The predicted octanol–water partition coefficient (Wildman–Crippen LogP) is 2.17. The van der Waals surface area contributed by atoms with Gasteiger partial charge in [-0.25, -0.2) is 9.97 Å². The third-order valence-electron chi connectivity index (χ3n) is 3.18. The zero-order valence-corrected chi connectivity index (χ0v) is 10.9. The first-order valence-electron chi connectivity index (χ1n) is 6.15. The lowest BCUT2D eigenvalue weighted by atomic mass is 10.2. The van der Waals surface area contributed by atoms with Crippen LogP contribution in [0.25, 0.3) is 0 Å². The highest BCUT2D eigenvalue weighted by Gasteiger charge is 2.31. The van der Waals surface area contributed by atoms with Gasteiger partial charge in [0.15, 0.2) is 0 Å². The summed E-state index contributed by atoms with van der Waals surface area (Å²) in [6, 6.07) is 2.79. The normalized spacial score (nSPS) is 14.7. The molecule has 0 unspecified atom stereocenters. The van der Waals surface area contributed by atoms with Crippen LogP contribution >= 0.6 is 11.3 Å². The molecule has 1 saturated carbocycles. The third-order valence-corrected chi connectivity index (χ3v) is 3.91. The van der Waals surface area contributed by atoms with Crippen LogP contribution in [-0.4, -0.2) is 16.0 Å². The maximum atomic E-state index is 5.78. The molecule has 2 aromatic rings. The Bertz CT molecular complexity index is 507. The SMILES string of the molecule is NCc1cncnc1N(Cc1ccsc1)C1CC1. The molecule has 0 saturated heterocycles. The van der Waals surface area contributed by atoms with Crippen LogP contribution in [0.3, 0.4) is 0 Å². The Morgan fingerprint density at radius 2 is 2.33 bits per heavy atom. The van der Waals surface area contributed by atoms with Crippen LogP contribution in [0.1, 0.15) is 24.0 Å². The average Bonchev–Trinajstić information content (AvgIpc) is 3.13. The van der Waals surface area contributed by atoms with E-state index in [0.29, 0.717) is 12.6 Å². The molecule has 0 bridgehead atoms. The van der Waals surface area contributed by atoms with E-state index in [9.17, 15) is 0 Å². The van der Waals surface area contributed by atoms with Gasteiger partial charge in [-0.2, -0.15) is 11.3 Å². The lowest BCUT2D eigenvalue weighted by Gasteiger charge is -2.24. The van der Waals surface area contributed by atoms with E-state index in [1.807, 2.05) is 6.20 Å². The summed E-state index contributed by atoms with van der Waals surface area (Å²) < 4.78 is 0. The van der Waals surface area contributed by atoms with Crippen LogP contribution in [0, 0.1) is 0 Å². The third kappa shape index (κ3) is 2.37. The van der Waals surface area contributed by atoms with Crippen molar-refractivity contribution in [3.63, 3.8) is 0 Å². The number of hydrogen-bond acceptors (Lipinski definition) is 5. The van der Waals surface area contributed by atoms with Gasteiger partial charge in [0.05, 0.1) is 0 Å². The predicted molar refractivity (Wildman–Crippen MR) is 73.4 cm³/mol. The fraction of sp³-hybridized carbons (Fsp3) is 0.385. The number of nitrogens with zero attached hydrogens (tertiary/aromatic N) is 3. The van der Waals surface area contributed by atoms with Gasteiger partial charge in [-0.3, -0.25) is 0 Å². The number of thiophene rings is 1. The quantitative estimate of drug-likeness (QED) is 0.895. The summed E-state index contributed by atoms with van der Waals surface area (Å²) >= 11 is 1.73. The Morgan fingerprint density at radius 3 is 3.00 bits per heavy atom. The van der Waals surface area contributed by atoms with Gasteiger partial charge in [-0.1, -0.05) is 0 Å². The van der Waals surface area contributed by atoms with Gasteiger partial charge in [0.25, 0.3) is 0 Å². The number of nitrogens with two attached hydrogens (primary N) is 1. The highest BCUT2D eigenvalue weighted by atomic mass is 32.1. The molecule has 0 aromatic carbocycles. The Kier molecular flexibility index (Phi) is 3.25. The van der Waals surface area contributed by atoms with Crippen LogP contribution in [0.4, 0.5) is 5.82 Å². The Morgan fingerprint density at radius 1 is 1.44 bits per heavy atom. The monoisotopic (exact) mass is 260 g/mol. The molecule has 2 N–H and O–H groups in total. The van der Waals surface area contributed by atoms with Gasteiger partial charge in [-0.15, -0.1) is 0 Å². The molecule has 1 aliphatic carbocycles. The van der Waals surface area contributed by atoms with Gasteiger partial charge in [-0.05, 0) is 35.2 Å². The van der Waals surface area contributed by atoms with Crippen molar-refractivity contribution in [3.05, 3.63) is 40.5 Å². The van der Waals surface area contributed by atoms with Gasteiger partial charge in [0, 0.05) is 30.9 Å². The minimum Gasteiger partial charge on any atom is -0.349 e. The van der Waals surface area contributed by atoms with Gasteiger partial charge in [0.2, 0.25) is 0 Å². The zero-order valence-electron chi connectivity index (χ0n) is 10.1. The molecule has 94 valence electrons. The van der Waals surface area contributed by atoms with Gasteiger partial charge in [0.1, 0.15) is 12.1 Å². The van der Waals surface area contributed by atoms with E-state index >= 15 is 0 Å². The molecule has 0 amide bonds. The Hall–Kier alpha value is -1.46. The number of anilines is 1. The standard InChI is InChI=1S/C13H16N4S/c14-5-11-6-15-9-16-13(11)17(12-1-2-12)7-10-3-4-18-8-10/h3-4,6,8-9,12H,1-2,5,7,14H2. The molecular weight excluding hydrogens is 244 g/mol. The van der Waals surface area contributed by atoms with Gasteiger partial charge >= 0.3 is 0 Å². The van der Waals surface area contributed by atoms with Crippen LogP contribution in [0.2, 0.25) is 0 Å². The van der Waals surface area contributed by atoms with Crippen LogP contribution in [-0.2, 0) is 13.1 Å². The van der Waals surface area contributed by atoms with E-state index in [4.69, 9.17) is 5.73 Å². The van der Waals surface area contributed by atoms with Gasteiger partial charge < -0.3 is 10.6 Å². The fourth-order valence-corrected chi connectivity index (χ4v) is 2.76. The van der Waals surface area contributed by atoms with Crippen molar-refractivity contribution < 1.29 is 0 Å². The van der Waals surface area contributed by atoms with E-state index < -0.39 is 0 Å². The van der Waals surface area contributed by atoms with E-state index in [1.54, 1.807) is 17.7 Å². The van der Waals surface area contributed by atoms with Crippen LogP contribution < -0.4 is 10.6 Å². The second-order valence-electron chi connectivity index (χ2n) is 4.57. The summed E-state index contributed by atoms with van der Waals surface area (Å²) in [4.78, 5) is 10.9. The summed E-state index contributed by atoms with van der Waals surface area (Å²) in [6.45, 7) is 1.40. The lowest BCUT2D eigenvalue weighted by molar-refractivity contribution is 0.765. The molecule has 18 heavy (non-hydrogen) atoms. The molecule has 0 radical (unpaired) electrons. The van der Waals surface area contributed by atoms with Crippen molar-refractivity contribution >= 4 is 17.2 Å². The molecule has 0 aliphatic heterocycles. The Labute approximate surface area is 110 Å². The van der Waals surface area contributed by atoms with Crippen molar-refractivity contribution in [2.45, 2.75) is 32.0 Å². The maximum Gasteiger partial charge on any atom is 0.137 e. The molecule has 3 rings (SSSR count). The van der Waals surface area contributed by atoms with Crippen molar-refractivity contribution in [3.8, 4) is 0 Å². The highest BCUT2D eigenvalue weighted by Crippen LogP contribution is 2.33. The van der Waals surface area contributed by atoms with E-state index in [2.05, 4.69) is 31.7 Å².